The largest absolute Gasteiger partial charge is 0.490 e. The summed E-state index contributed by atoms with van der Waals surface area (Å²) in [5.41, 5.74) is 9.15. The number of aliphatic hydroxyl groups excluding tert-OH is 1. The lowest BCUT2D eigenvalue weighted by Crippen LogP contribution is -2.15. The molecule has 18 nitrogen and oxygen atoms in total. The number of nitrogens with zero attached hydrogens (tertiary/aromatic N) is 3. The van der Waals surface area contributed by atoms with Crippen molar-refractivity contribution in [2.45, 2.75) is 0 Å². The van der Waals surface area contributed by atoms with E-state index in [4.69, 9.17) is 72.2 Å². The van der Waals surface area contributed by atoms with Gasteiger partial charge in [0, 0.05) is 10.6 Å². The van der Waals surface area contributed by atoms with Gasteiger partial charge in [-0.05, 0) is 17.7 Å². The maximum atomic E-state index is 11.9. The number of hydrogen-bond donors (Lipinski definition) is 1. The lowest BCUT2D eigenvalue weighted by atomic mass is 10.2. The van der Waals surface area contributed by atoms with E-state index < -0.39 is 5.97 Å². The van der Waals surface area contributed by atoms with Crippen molar-refractivity contribution < 1.29 is 71.5 Å². The Hall–Kier alpha value is -2.68. The van der Waals surface area contributed by atoms with Gasteiger partial charge in [-0.2, -0.15) is 0 Å². The van der Waals surface area contributed by atoms with Gasteiger partial charge < -0.3 is 66.7 Å². The third kappa shape index (κ3) is 28.1. The van der Waals surface area contributed by atoms with E-state index in [1.165, 1.54) is 25.3 Å². The predicted octanol–water partition coefficient (Wildman–Crippen LogP) is 1.97. The van der Waals surface area contributed by atoms with E-state index in [1.807, 2.05) is 0 Å². The minimum Gasteiger partial charge on any atom is -0.490 e. The summed E-state index contributed by atoms with van der Waals surface area (Å²) in [6, 6.07) is 4.44. The van der Waals surface area contributed by atoms with E-state index in [-0.39, 0.29) is 31.1 Å². The van der Waals surface area contributed by atoms with Crippen molar-refractivity contribution in [2.24, 2.45) is 5.11 Å². The Kier molecular flexibility index (Phi) is 32.8. The number of aliphatic hydroxyl groups is 1. The molecule has 1 rings (SSSR count). The molecule has 0 aliphatic rings. The van der Waals surface area contributed by atoms with Gasteiger partial charge in [-0.15, -0.1) is 0 Å². The third-order valence-corrected chi connectivity index (χ3v) is 5.97. The Balaban J connectivity index is 1.75. The number of ether oxygens (including phenoxy) is 13. The Labute approximate surface area is 293 Å². The second-order valence-electron chi connectivity index (χ2n) is 9.67. The molecule has 1 aromatic carbocycles. The first kappa shape index (κ1) is 45.3. The van der Waals surface area contributed by atoms with Gasteiger partial charge in [0.25, 0.3) is 0 Å². The summed E-state index contributed by atoms with van der Waals surface area (Å²) in [4.78, 5) is 14.6. The maximum Gasteiger partial charge on any atom is 0.341 e. The standard InChI is InChI=1S/C32H55N3O15/c1-38-32(37)30-3-2-29(34-35-33)28-31(30)50-27-26-49-25-24-48-23-22-47-21-20-46-19-18-45-17-16-44-15-14-43-13-12-42-11-10-41-9-8-40-7-6-39-5-4-36/h2-3,28,36H,4-27H2,1H3. The SMILES string of the molecule is COC(=O)c1ccc(N=[N+]=[N-])cc1OCCOCCOCCOCCOCCOCCOCCOCCOCCOCCOCCOCCO. The summed E-state index contributed by atoms with van der Waals surface area (Å²) in [5, 5.41) is 12.1. The molecule has 0 aliphatic heterocycles. The summed E-state index contributed by atoms with van der Waals surface area (Å²) < 4.78 is 69.8. The fourth-order valence-electron chi connectivity index (χ4n) is 3.60. The van der Waals surface area contributed by atoms with Crippen LogP contribution in [0.2, 0.25) is 0 Å². The zero-order valence-corrected chi connectivity index (χ0v) is 29.2. The molecule has 1 aromatic rings. The number of methoxy groups -OCH3 is 1. The number of hydrogen-bond acceptors (Lipinski definition) is 16. The fourth-order valence-corrected chi connectivity index (χ4v) is 3.60. The molecule has 0 bridgehead atoms. The maximum absolute atomic E-state index is 11.9. The highest BCUT2D eigenvalue weighted by Gasteiger charge is 2.13. The van der Waals surface area contributed by atoms with Crippen LogP contribution < -0.4 is 4.74 Å². The Bertz CT molecular complexity index is 973. The molecule has 0 fully saturated rings. The van der Waals surface area contributed by atoms with Crippen LogP contribution in [0.5, 0.6) is 5.75 Å². The average Bonchev–Trinajstić information content (AvgIpc) is 3.13. The first-order valence-corrected chi connectivity index (χ1v) is 16.6. The molecule has 0 saturated heterocycles. The van der Waals surface area contributed by atoms with Gasteiger partial charge in [-0.25, -0.2) is 4.79 Å². The van der Waals surface area contributed by atoms with Crippen LogP contribution in [0, 0.1) is 0 Å². The summed E-state index contributed by atoms with van der Waals surface area (Å²) in [6.45, 7) is 10.1. The second-order valence-corrected chi connectivity index (χ2v) is 9.67. The number of carbonyl (C=O) groups is 1. The first-order valence-electron chi connectivity index (χ1n) is 16.6. The molecule has 0 atom stereocenters. The topological polar surface area (TPSA) is 206 Å². The van der Waals surface area contributed by atoms with Gasteiger partial charge in [0.1, 0.15) is 17.9 Å². The Morgan fingerprint density at radius 2 is 0.880 bits per heavy atom. The van der Waals surface area contributed by atoms with Crippen LogP contribution in [-0.2, 0) is 56.8 Å². The molecule has 1 N–H and O–H groups in total. The Morgan fingerprint density at radius 3 is 1.18 bits per heavy atom. The minimum absolute atomic E-state index is 0.0164. The minimum atomic E-state index is -0.558. The van der Waals surface area contributed by atoms with Crippen LogP contribution in [-0.4, -0.2) is 177 Å². The highest BCUT2D eigenvalue weighted by molar-refractivity contribution is 5.93. The van der Waals surface area contributed by atoms with Gasteiger partial charge in [-0.1, -0.05) is 11.2 Å². The van der Waals surface area contributed by atoms with Crippen molar-refractivity contribution in [3.63, 3.8) is 0 Å². The molecule has 0 aromatic heterocycles. The van der Waals surface area contributed by atoms with Crippen LogP contribution in [0.25, 0.3) is 10.4 Å². The molecule has 50 heavy (non-hydrogen) atoms. The highest BCUT2D eigenvalue weighted by atomic mass is 16.6. The van der Waals surface area contributed by atoms with Gasteiger partial charge in [0.2, 0.25) is 0 Å². The zero-order valence-electron chi connectivity index (χ0n) is 29.2. The third-order valence-electron chi connectivity index (χ3n) is 5.97. The second kappa shape index (κ2) is 36.1. The monoisotopic (exact) mass is 721 g/mol. The number of azide groups is 1. The molecule has 0 amide bonds. The Morgan fingerprint density at radius 1 is 0.560 bits per heavy atom. The first-order chi connectivity index (χ1) is 24.7. The van der Waals surface area contributed by atoms with E-state index in [1.54, 1.807) is 0 Å². The molecule has 0 unspecified atom stereocenters. The molecule has 0 saturated carbocycles. The van der Waals surface area contributed by atoms with Gasteiger partial charge >= 0.3 is 5.97 Å². The molecular formula is C32H55N3O15. The molecule has 288 valence electrons. The van der Waals surface area contributed by atoms with Crippen LogP contribution >= 0.6 is 0 Å². The van der Waals surface area contributed by atoms with Crippen LogP contribution in [0.3, 0.4) is 0 Å². The molecule has 0 aliphatic carbocycles. The summed E-state index contributed by atoms with van der Waals surface area (Å²) in [6.07, 6.45) is 0. The van der Waals surface area contributed by atoms with Crippen molar-refractivity contribution in [1.29, 1.82) is 0 Å². The lowest BCUT2D eigenvalue weighted by molar-refractivity contribution is -0.0280. The van der Waals surface area contributed by atoms with Crippen molar-refractivity contribution in [3.8, 4) is 5.75 Å². The quantitative estimate of drug-likeness (QED) is 0.0341. The number of rotatable bonds is 38. The zero-order chi connectivity index (χ0) is 36.0. The number of esters is 1. The summed E-state index contributed by atoms with van der Waals surface area (Å²) in [5.74, 6) is -0.314. The van der Waals surface area contributed by atoms with Gasteiger partial charge in [0.05, 0.1) is 159 Å². The molecular weight excluding hydrogens is 666 g/mol. The van der Waals surface area contributed by atoms with Crippen molar-refractivity contribution >= 4 is 11.7 Å². The average molecular weight is 722 g/mol. The van der Waals surface area contributed by atoms with E-state index in [2.05, 4.69) is 10.0 Å². The fraction of sp³-hybridized carbons (Fsp3) is 0.781. The lowest BCUT2D eigenvalue weighted by Gasteiger charge is -2.11. The summed E-state index contributed by atoms with van der Waals surface area (Å²) >= 11 is 0. The normalized spacial score (nSPS) is 11.1. The van der Waals surface area contributed by atoms with E-state index in [0.717, 1.165) is 0 Å². The van der Waals surface area contributed by atoms with Crippen LogP contribution in [0.4, 0.5) is 5.69 Å². The molecule has 0 heterocycles. The van der Waals surface area contributed by atoms with Crippen LogP contribution in [0.15, 0.2) is 23.3 Å². The predicted molar refractivity (Wildman–Crippen MR) is 178 cm³/mol. The van der Waals surface area contributed by atoms with Crippen molar-refractivity contribution in [2.75, 3.05) is 166 Å². The van der Waals surface area contributed by atoms with Crippen molar-refractivity contribution in [1.82, 2.24) is 0 Å². The van der Waals surface area contributed by atoms with Crippen molar-refractivity contribution in [3.05, 3.63) is 34.2 Å². The number of benzene rings is 1. The van der Waals surface area contributed by atoms with Gasteiger partial charge in [-0.3, -0.25) is 0 Å². The van der Waals surface area contributed by atoms with E-state index >= 15 is 0 Å². The van der Waals surface area contributed by atoms with Crippen LogP contribution in [0.1, 0.15) is 10.4 Å². The smallest absolute Gasteiger partial charge is 0.341 e. The molecule has 0 radical (unpaired) electrons. The van der Waals surface area contributed by atoms with Gasteiger partial charge in [0.15, 0.2) is 0 Å². The molecule has 18 heteroatoms. The highest BCUT2D eigenvalue weighted by Crippen LogP contribution is 2.26. The molecule has 0 spiro atoms. The number of carbonyl (C=O) groups excluding carboxylic acids is 1. The van der Waals surface area contributed by atoms with E-state index in [0.29, 0.717) is 144 Å². The summed E-state index contributed by atoms with van der Waals surface area (Å²) in [7, 11) is 1.27. The van der Waals surface area contributed by atoms with E-state index in [9.17, 15) is 4.79 Å².